The molecule has 0 aromatic heterocycles. The third-order valence-corrected chi connectivity index (χ3v) is 9.07. The van der Waals surface area contributed by atoms with Crippen LogP contribution in [0, 0.1) is 0 Å². The highest BCUT2D eigenvalue weighted by molar-refractivity contribution is 7.91. The lowest BCUT2D eigenvalue weighted by molar-refractivity contribution is 0.294. The third kappa shape index (κ3) is 6.26. The Hall–Kier alpha value is -1.78. The molecule has 3 atom stereocenters. The number of benzene rings is 2. The van der Waals surface area contributed by atoms with Gasteiger partial charge in [-0.15, -0.1) is 0 Å². The van der Waals surface area contributed by atoms with E-state index in [4.69, 9.17) is 9.29 Å². The Morgan fingerprint density at radius 1 is 1.24 bits per heavy atom. The number of ether oxygens (including phenoxy) is 1. The molecule has 0 radical (unpaired) electrons. The van der Waals surface area contributed by atoms with Crippen molar-refractivity contribution >= 4 is 20.9 Å². The molecule has 0 saturated carbocycles. The van der Waals surface area contributed by atoms with Crippen LogP contribution in [0.4, 0.5) is 0 Å². The lowest BCUT2D eigenvalue weighted by Gasteiger charge is -2.36. The summed E-state index contributed by atoms with van der Waals surface area (Å²) < 4.78 is 53.2. The highest BCUT2D eigenvalue weighted by Gasteiger charge is 2.42. The summed E-state index contributed by atoms with van der Waals surface area (Å²) in [6, 6.07) is 13.2. The lowest BCUT2D eigenvalue weighted by Crippen LogP contribution is -2.50. The Balaban J connectivity index is 2.13. The summed E-state index contributed by atoms with van der Waals surface area (Å²) in [6.45, 7) is 4.84. The van der Waals surface area contributed by atoms with E-state index in [0.29, 0.717) is 41.3 Å². The second kappa shape index (κ2) is 11.8. The van der Waals surface area contributed by atoms with Crippen LogP contribution < -0.4 is 15.4 Å². The zero-order valence-electron chi connectivity index (χ0n) is 20.2. The van der Waals surface area contributed by atoms with Crippen molar-refractivity contribution in [3.05, 3.63) is 59.2 Å². The van der Waals surface area contributed by atoms with E-state index in [0.717, 1.165) is 24.8 Å². The Morgan fingerprint density at radius 2 is 1.97 bits per heavy atom. The molecule has 3 unspecified atom stereocenters. The van der Waals surface area contributed by atoms with Gasteiger partial charge in [0.1, 0.15) is 5.75 Å². The molecule has 1 aliphatic heterocycles. The van der Waals surface area contributed by atoms with Gasteiger partial charge in [-0.1, -0.05) is 57.0 Å². The van der Waals surface area contributed by atoms with Crippen LogP contribution in [0.25, 0.3) is 0 Å². The van der Waals surface area contributed by atoms with Gasteiger partial charge in [0.25, 0.3) is 0 Å². The van der Waals surface area contributed by atoms with E-state index in [2.05, 4.69) is 24.5 Å². The van der Waals surface area contributed by atoms with Crippen molar-refractivity contribution in [3.63, 3.8) is 0 Å². The Kier molecular flexibility index (Phi) is 9.28. The van der Waals surface area contributed by atoms with Gasteiger partial charge in [-0.25, -0.2) is 12.6 Å². The van der Waals surface area contributed by atoms with E-state index in [1.54, 1.807) is 13.2 Å². The molecule has 0 saturated heterocycles. The molecule has 188 valence electrons. The Bertz CT molecular complexity index is 1090. The molecule has 0 amide bonds. The van der Waals surface area contributed by atoms with Crippen LogP contribution in [0.3, 0.4) is 0 Å². The zero-order valence-corrected chi connectivity index (χ0v) is 21.8. The molecule has 1 aliphatic rings. The summed E-state index contributed by atoms with van der Waals surface area (Å²) in [6.07, 6.45) is 3.42. The largest absolute Gasteiger partial charge is 0.496 e. The number of fused-ring (bicyclic) bond motifs is 1. The number of hydrogen-bond acceptors (Lipinski definition) is 6. The first-order valence-corrected chi connectivity index (χ1v) is 14.7. The molecule has 2 aromatic carbocycles. The van der Waals surface area contributed by atoms with Crippen LogP contribution in [-0.4, -0.2) is 47.9 Å². The highest BCUT2D eigenvalue weighted by Crippen LogP contribution is 2.40. The van der Waals surface area contributed by atoms with Crippen molar-refractivity contribution in [2.75, 3.05) is 25.2 Å². The summed E-state index contributed by atoms with van der Waals surface area (Å²) >= 11 is -1.88. The molecule has 3 N–H and O–H groups in total. The molecule has 7 nitrogen and oxygen atoms in total. The summed E-state index contributed by atoms with van der Waals surface area (Å²) in [5, 5.41) is 6.88. The van der Waals surface area contributed by atoms with Gasteiger partial charge in [0.15, 0.2) is 20.9 Å². The minimum absolute atomic E-state index is 0.0372. The smallest absolute Gasteiger partial charge is 0.180 e. The molecule has 3 rings (SSSR count). The molecule has 0 bridgehead atoms. The van der Waals surface area contributed by atoms with Crippen molar-refractivity contribution in [2.24, 2.45) is 0 Å². The Labute approximate surface area is 205 Å². The van der Waals surface area contributed by atoms with Gasteiger partial charge < -0.3 is 14.6 Å². The van der Waals surface area contributed by atoms with Crippen molar-refractivity contribution in [1.82, 2.24) is 10.6 Å². The number of rotatable bonds is 11. The quantitative estimate of drug-likeness (QED) is 0.313. The second-order valence-corrected chi connectivity index (χ2v) is 11.9. The summed E-state index contributed by atoms with van der Waals surface area (Å²) in [4.78, 5) is 0.323. The number of sulfone groups is 1. The fourth-order valence-corrected chi connectivity index (χ4v) is 7.13. The first-order chi connectivity index (χ1) is 16.2. The SMILES string of the molecule is CCCCC1(CC)CS(=O)(=O)c2cc(CNCCS(=O)O)c(OC)cc2C(c2ccccc2)N1. The maximum atomic E-state index is 13.8. The normalized spacial score (nSPS) is 22.5. The monoisotopic (exact) mass is 508 g/mol. The van der Waals surface area contributed by atoms with E-state index in [-0.39, 0.29) is 17.5 Å². The summed E-state index contributed by atoms with van der Waals surface area (Å²) in [5.41, 5.74) is 1.87. The molecule has 0 aliphatic carbocycles. The van der Waals surface area contributed by atoms with Gasteiger partial charge in [0.05, 0.1) is 29.6 Å². The molecule has 34 heavy (non-hydrogen) atoms. The lowest BCUT2D eigenvalue weighted by atomic mass is 9.88. The average molecular weight is 509 g/mol. The molecular weight excluding hydrogens is 472 g/mol. The van der Waals surface area contributed by atoms with Gasteiger partial charge >= 0.3 is 0 Å². The van der Waals surface area contributed by atoms with Gasteiger partial charge in [0.2, 0.25) is 0 Å². The van der Waals surface area contributed by atoms with Crippen LogP contribution >= 0.6 is 0 Å². The van der Waals surface area contributed by atoms with Gasteiger partial charge in [0, 0.05) is 24.2 Å². The predicted molar refractivity (Wildman–Crippen MR) is 136 cm³/mol. The molecule has 0 spiro atoms. The first kappa shape index (κ1) is 26.8. The summed E-state index contributed by atoms with van der Waals surface area (Å²) in [7, 11) is -2.02. The van der Waals surface area contributed by atoms with Gasteiger partial charge in [-0.2, -0.15) is 0 Å². The van der Waals surface area contributed by atoms with E-state index in [9.17, 15) is 12.6 Å². The zero-order chi connectivity index (χ0) is 24.8. The van der Waals surface area contributed by atoms with Crippen LogP contribution in [0.2, 0.25) is 0 Å². The molecule has 9 heteroatoms. The number of nitrogens with one attached hydrogen (secondary N) is 2. The maximum absolute atomic E-state index is 13.8. The topological polar surface area (TPSA) is 105 Å². The van der Waals surface area contributed by atoms with Crippen molar-refractivity contribution < 1.29 is 21.9 Å². The predicted octanol–water partition coefficient (Wildman–Crippen LogP) is 3.81. The molecule has 2 aromatic rings. The fraction of sp³-hybridized carbons (Fsp3) is 0.520. The third-order valence-electron chi connectivity index (χ3n) is 6.56. The van der Waals surface area contributed by atoms with E-state index >= 15 is 0 Å². The Morgan fingerprint density at radius 3 is 2.59 bits per heavy atom. The minimum atomic E-state index is -3.60. The van der Waals surface area contributed by atoms with Gasteiger partial charge in [-0.05, 0) is 36.1 Å². The van der Waals surface area contributed by atoms with Crippen molar-refractivity contribution in [2.45, 2.75) is 62.6 Å². The van der Waals surface area contributed by atoms with Gasteiger partial charge in [-0.3, -0.25) is 5.32 Å². The second-order valence-electron chi connectivity index (χ2n) is 8.89. The van der Waals surface area contributed by atoms with Crippen LogP contribution in [-0.2, 0) is 27.5 Å². The van der Waals surface area contributed by atoms with Crippen molar-refractivity contribution in [1.29, 1.82) is 0 Å². The number of unbranched alkanes of at least 4 members (excludes halogenated alkanes) is 1. The maximum Gasteiger partial charge on any atom is 0.180 e. The van der Waals surface area contributed by atoms with Crippen LogP contribution in [0.15, 0.2) is 47.4 Å². The fourth-order valence-electron chi connectivity index (χ4n) is 4.64. The van der Waals surface area contributed by atoms with E-state index < -0.39 is 26.5 Å². The molecule has 1 heterocycles. The first-order valence-electron chi connectivity index (χ1n) is 11.8. The van der Waals surface area contributed by atoms with Crippen LogP contribution in [0.5, 0.6) is 5.75 Å². The van der Waals surface area contributed by atoms with E-state index in [1.807, 2.05) is 36.4 Å². The number of hydrogen-bond donors (Lipinski definition) is 3. The minimum Gasteiger partial charge on any atom is -0.496 e. The standard InChI is InChI=1S/C25H36N2O5S2/c1-4-6-12-25(5-2)18-34(30,31)23-15-20(17-26-13-14-33(28)29)22(32-3)16-21(23)24(27-25)19-10-8-7-9-11-19/h7-11,15-16,24,26-27H,4-6,12-14,17-18H2,1-3H3,(H,28,29). The highest BCUT2D eigenvalue weighted by atomic mass is 32.2. The summed E-state index contributed by atoms with van der Waals surface area (Å²) in [5.74, 6) is 0.726. The average Bonchev–Trinajstić information content (AvgIpc) is 2.92. The molecular formula is C25H36N2O5S2. The van der Waals surface area contributed by atoms with Crippen LogP contribution in [0.1, 0.15) is 62.3 Å². The molecule has 0 fully saturated rings. The van der Waals surface area contributed by atoms with E-state index in [1.165, 1.54) is 0 Å². The van der Waals surface area contributed by atoms with Crippen molar-refractivity contribution in [3.8, 4) is 5.75 Å². The number of methoxy groups -OCH3 is 1.